The summed E-state index contributed by atoms with van der Waals surface area (Å²) in [6.07, 6.45) is -6.39. The van der Waals surface area contributed by atoms with Gasteiger partial charge in [-0.3, -0.25) is 9.59 Å². The van der Waals surface area contributed by atoms with Gasteiger partial charge in [-0.1, -0.05) is 55.5 Å². The maximum absolute atomic E-state index is 13.4. The molecule has 2 aromatic rings. The van der Waals surface area contributed by atoms with Crippen LogP contribution in [-0.2, 0) is 14.3 Å². The Balaban J connectivity index is 1.60. The SMILES string of the molecule is CC(CCC(=O)O)CNC(=O)C(NC(=O)OCC1c2ccccc2-c2ccccc21)C(F)(F)F. The Hall–Kier alpha value is -3.56. The van der Waals surface area contributed by atoms with Crippen molar-refractivity contribution in [3.63, 3.8) is 0 Å². The quantitative estimate of drug-likeness (QED) is 0.504. The maximum Gasteiger partial charge on any atom is 0.417 e. The second-order valence-corrected chi connectivity index (χ2v) is 8.23. The number of aliphatic carboxylic acids is 1. The van der Waals surface area contributed by atoms with E-state index in [0.29, 0.717) is 0 Å². The van der Waals surface area contributed by atoms with Gasteiger partial charge in [0.1, 0.15) is 6.61 Å². The van der Waals surface area contributed by atoms with E-state index < -0.39 is 30.2 Å². The summed E-state index contributed by atoms with van der Waals surface area (Å²) in [7, 11) is 0. The molecule has 1 aliphatic rings. The fourth-order valence-electron chi connectivity index (χ4n) is 3.90. The highest BCUT2D eigenvalue weighted by atomic mass is 19.4. The number of alkyl halides is 3. The number of alkyl carbamates (subject to hydrolysis) is 1. The van der Waals surface area contributed by atoms with Crippen LogP contribution in [0.4, 0.5) is 18.0 Å². The number of carboxylic acid groups (broad SMARTS) is 1. The van der Waals surface area contributed by atoms with E-state index in [1.54, 1.807) is 12.2 Å². The molecule has 7 nitrogen and oxygen atoms in total. The number of carbonyl (C=O) groups is 3. The van der Waals surface area contributed by atoms with Crippen LogP contribution in [0, 0.1) is 5.92 Å². The molecule has 0 aromatic heterocycles. The molecule has 34 heavy (non-hydrogen) atoms. The first-order valence-corrected chi connectivity index (χ1v) is 10.8. The Morgan fingerprint density at radius 1 is 1.03 bits per heavy atom. The summed E-state index contributed by atoms with van der Waals surface area (Å²) in [4.78, 5) is 35.0. The molecule has 0 saturated carbocycles. The standard InChI is InChI=1S/C24H25F3N2O5/c1-14(10-11-20(30)31)12-28-22(32)21(24(25,26)27)29-23(33)34-13-19-17-8-4-2-6-15(17)16-7-3-5-9-18(16)19/h2-9,14,19,21H,10-13H2,1H3,(H,28,32)(H,29,33)(H,30,31). The van der Waals surface area contributed by atoms with E-state index in [4.69, 9.17) is 9.84 Å². The monoisotopic (exact) mass is 478 g/mol. The first-order chi connectivity index (χ1) is 16.1. The topological polar surface area (TPSA) is 105 Å². The average molecular weight is 478 g/mol. The van der Waals surface area contributed by atoms with Crippen molar-refractivity contribution < 1.29 is 37.4 Å². The molecule has 0 fully saturated rings. The van der Waals surface area contributed by atoms with Crippen molar-refractivity contribution in [1.29, 1.82) is 0 Å². The smallest absolute Gasteiger partial charge is 0.417 e. The highest BCUT2D eigenvalue weighted by molar-refractivity contribution is 5.86. The summed E-state index contributed by atoms with van der Waals surface area (Å²) in [5.41, 5.74) is 3.74. The van der Waals surface area contributed by atoms with Gasteiger partial charge < -0.3 is 20.5 Å². The molecule has 3 N–H and O–H groups in total. The van der Waals surface area contributed by atoms with Gasteiger partial charge in [0.2, 0.25) is 6.04 Å². The second-order valence-electron chi connectivity index (χ2n) is 8.23. The van der Waals surface area contributed by atoms with Crippen molar-refractivity contribution in [2.24, 2.45) is 5.92 Å². The Morgan fingerprint density at radius 3 is 2.12 bits per heavy atom. The van der Waals surface area contributed by atoms with Crippen LogP contribution in [0.25, 0.3) is 11.1 Å². The van der Waals surface area contributed by atoms with Gasteiger partial charge in [0.15, 0.2) is 0 Å². The van der Waals surface area contributed by atoms with Gasteiger partial charge >= 0.3 is 18.2 Å². The molecule has 2 unspecified atom stereocenters. The fraction of sp³-hybridized carbons (Fsp3) is 0.375. The molecule has 182 valence electrons. The lowest BCUT2D eigenvalue weighted by molar-refractivity contribution is -0.167. The van der Waals surface area contributed by atoms with Crippen LogP contribution in [0.2, 0.25) is 0 Å². The zero-order valence-corrected chi connectivity index (χ0v) is 18.4. The second kappa shape index (κ2) is 10.6. The highest BCUT2D eigenvalue weighted by Crippen LogP contribution is 2.44. The molecule has 3 rings (SSSR count). The van der Waals surface area contributed by atoms with Crippen molar-refractivity contribution >= 4 is 18.0 Å². The summed E-state index contributed by atoms with van der Waals surface area (Å²) in [6, 6.07) is 12.2. The van der Waals surface area contributed by atoms with Gasteiger partial charge in [0.25, 0.3) is 5.91 Å². The lowest BCUT2D eigenvalue weighted by Gasteiger charge is -2.22. The minimum absolute atomic E-state index is 0.162. The van der Waals surface area contributed by atoms with Crippen molar-refractivity contribution in [3.8, 4) is 11.1 Å². The number of rotatable bonds is 9. The van der Waals surface area contributed by atoms with Crippen LogP contribution < -0.4 is 10.6 Å². The fourth-order valence-corrected chi connectivity index (χ4v) is 3.90. The number of hydrogen-bond donors (Lipinski definition) is 3. The van der Waals surface area contributed by atoms with E-state index in [-0.39, 0.29) is 37.8 Å². The van der Waals surface area contributed by atoms with Crippen LogP contribution >= 0.6 is 0 Å². The Labute approximate surface area is 194 Å². The van der Waals surface area contributed by atoms with E-state index in [1.165, 1.54) is 0 Å². The molecule has 0 spiro atoms. The van der Waals surface area contributed by atoms with Crippen molar-refractivity contribution in [3.05, 3.63) is 59.7 Å². The molecule has 0 radical (unpaired) electrons. The van der Waals surface area contributed by atoms with Crippen molar-refractivity contribution in [2.45, 2.75) is 37.9 Å². The summed E-state index contributed by atoms with van der Waals surface area (Å²) < 4.78 is 45.4. The number of halogens is 3. The number of amides is 2. The molecule has 10 heteroatoms. The summed E-state index contributed by atoms with van der Waals surface area (Å²) in [5.74, 6) is -3.18. The lowest BCUT2D eigenvalue weighted by atomic mass is 9.98. The van der Waals surface area contributed by atoms with Gasteiger partial charge in [-0.25, -0.2) is 4.79 Å². The van der Waals surface area contributed by atoms with Gasteiger partial charge in [0, 0.05) is 18.9 Å². The van der Waals surface area contributed by atoms with Crippen molar-refractivity contribution in [1.82, 2.24) is 10.6 Å². The molecule has 0 bridgehead atoms. The summed E-state index contributed by atoms with van der Waals surface area (Å²) in [5, 5.41) is 12.4. The van der Waals surface area contributed by atoms with E-state index in [1.807, 2.05) is 48.5 Å². The summed E-state index contributed by atoms with van der Waals surface area (Å²) >= 11 is 0. The Bertz CT molecular complexity index is 1010. The van der Waals surface area contributed by atoms with Gasteiger partial charge in [-0.2, -0.15) is 13.2 Å². The zero-order chi connectivity index (χ0) is 24.9. The number of carboxylic acids is 1. The largest absolute Gasteiger partial charge is 0.481 e. The molecule has 0 heterocycles. The molecule has 2 atom stereocenters. The zero-order valence-electron chi connectivity index (χ0n) is 18.4. The molecule has 0 saturated heterocycles. The molecule has 2 amide bonds. The van der Waals surface area contributed by atoms with Crippen molar-refractivity contribution in [2.75, 3.05) is 13.2 Å². The van der Waals surface area contributed by atoms with Gasteiger partial charge in [0.05, 0.1) is 0 Å². The first kappa shape index (κ1) is 25.1. The normalized spacial score (nSPS) is 14.5. The Kier molecular flexibility index (Phi) is 7.80. The predicted octanol–water partition coefficient (Wildman–Crippen LogP) is 4.07. The Morgan fingerprint density at radius 2 is 1.59 bits per heavy atom. The minimum Gasteiger partial charge on any atom is -0.481 e. The third-order valence-corrected chi connectivity index (χ3v) is 5.67. The third kappa shape index (κ3) is 6.06. The first-order valence-electron chi connectivity index (χ1n) is 10.8. The van der Waals surface area contributed by atoms with E-state index in [9.17, 15) is 27.6 Å². The van der Waals surface area contributed by atoms with Crippen LogP contribution in [-0.4, -0.2) is 48.4 Å². The minimum atomic E-state index is -5.04. The number of fused-ring (bicyclic) bond motifs is 3. The molecular weight excluding hydrogens is 453 g/mol. The van der Waals surface area contributed by atoms with Crippen LogP contribution in [0.3, 0.4) is 0 Å². The van der Waals surface area contributed by atoms with E-state index in [2.05, 4.69) is 5.32 Å². The molecular formula is C24H25F3N2O5. The highest BCUT2D eigenvalue weighted by Gasteiger charge is 2.46. The third-order valence-electron chi connectivity index (χ3n) is 5.67. The number of hydrogen-bond acceptors (Lipinski definition) is 4. The maximum atomic E-state index is 13.4. The average Bonchev–Trinajstić information content (AvgIpc) is 3.11. The van der Waals surface area contributed by atoms with Crippen LogP contribution in [0.1, 0.15) is 36.8 Å². The number of benzene rings is 2. The molecule has 0 aliphatic heterocycles. The van der Waals surface area contributed by atoms with Gasteiger partial charge in [-0.05, 0) is 34.6 Å². The van der Waals surface area contributed by atoms with Crippen LogP contribution in [0.5, 0.6) is 0 Å². The van der Waals surface area contributed by atoms with Gasteiger partial charge in [-0.15, -0.1) is 0 Å². The summed E-state index contributed by atoms with van der Waals surface area (Å²) in [6.45, 7) is 1.24. The predicted molar refractivity (Wildman–Crippen MR) is 117 cm³/mol. The van der Waals surface area contributed by atoms with E-state index in [0.717, 1.165) is 22.3 Å². The molecule has 2 aromatic carbocycles. The lowest BCUT2D eigenvalue weighted by Crippen LogP contribution is -2.55. The van der Waals surface area contributed by atoms with E-state index >= 15 is 0 Å². The number of carbonyl (C=O) groups excluding carboxylic acids is 2. The number of ether oxygens (including phenoxy) is 1. The number of nitrogens with one attached hydrogen (secondary N) is 2. The molecule has 1 aliphatic carbocycles. The van der Waals surface area contributed by atoms with Crippen LogP contribution in [0.15, 0.2) is 48.5 Å².